The van der Waals surface area contributed by atoms with Crippen molar-refractivity contribution in [1.82, 2.24) is 0 Å². The highest BCUT2D eigenvalue weighted by Crippen LogP contribution is 2.33. The minimum atomic E-state index is -0.475. The number of hydrogen-bond donors (Lipinski definition) is 0. The molecule has 0 fully saturated rings. The maximum atomic E-state index is 12.0. The summed E-state index contributed by atoms with van der Waals surface area (Å²) in [5, 5.41) is 0.805. The molecule has 0 saturated heterocycles. The topological polar surface area (TPSA) is 54.0 Å². The fourth-order valence-electron chi connectivity index (χ4n) is 2.01. The van der Waals surface area contributed by atoms with Crippen LogP contribution in [0, 0.1) is 0 Å². The van der Waals surface area contributed by atoms with Crippen LogP contribution in [-0.4, -0.2) is 26.0 Å². The van der Waals surface area contributed by atoms with Gasteiger partial charge in [-0.25, -0.2) is 4.79 Å². The predicted octanol–water partition coefficient (Wildman–Crippen LogP) is 3.96. The normalized spacial score (nSPS) is 12.1. The van der Waals surface area contributed by atoms with Crippen LogP contribution in [0.4, 0.5) is 0 Å². The van der Waals surface area contributed by atoms with Crippen molar-refractivity contribution in [1.29, 1.82) is 0 Å². The number of esters is 1. The van der Waals surface area contributed by atoms with Gasteiger partial charge in [0.05, 0.1) is 15.6 Å². The first kappa shape index (κ1) is 15.8. The lowest BCUT2D eigenvalue weighted by Gasteiger charge is -2.10. The summed E-state index contributed by atoms with van der Waals surface area (Å²) in [5.41, 5.74) is 0.380. The van der Waals surface area contributed by atoms with E-state index in [0.717, 1.165) is 0 Å². The van der Waals surface area contributed by atoms with Gasteiger partial charge in [0.25, 0.3) is 0 Å². The van der Waals surface area contributed by atoms with Gasteiger partial charge in [-0.2, -0.15) is 0 Å². The Labute approximate surface area is 142 Å². The molecule has 0 amide bonds. The van der Waals surface area contributed by atoms with E-state index < -0.39 is 5.97 Å². The second-order valence-electron chi connectivity index (χ2n) is 4.60. The monoisotopic (exact) mass is 354 g/mol. The van der Waals surface area contributed by atoms with Gasteiger partial charge >= 0.3 is 5.97 Å². The third kappa shape index (κ3) is 3.63. The molecule has 7 heteroatoms. The van der Waals surface area contributed by atoms with Crippen LogP contribution in [0.5, 0.6) is 17.2 Å². The van der Waals surface area contributed by atoms with Gasteiger partial charge in [0, 0.05) is 0 Å². The minimum Gasteiger partial charge on any atom is -0.487 e. The van der Waals surface area contributed by atoms with Crippen LogP contribution >= 0.6 is 23.2 Å². The zero-order valence-corrected chi connectivity index (χ0v) is 13.4. The molecular formula is C16H12Cl2O5. The fraction of sp³-hybridized carbons (Fsp3) is 0.188. The van der Waals surface area contributed by atoms with E-state index in [1.165, 1.54) is 0 Å². The first-order valence-corrected chi connectivity index (χ1v) is 7.54. The Morgan fingerprint density at radius 1 is 1.04 bits per heavy atom. The van der Waals surface area contributed by atoms with Crippen LogP contribution in [0.3, 0.4) is 0 Å². The summed E-state index contributed by atoms with van der Waals surface area (Å²) >= 11 is 12.0. The van der Waals surface area contributed by atoms with Gasteiger partial charge in [-0.15, -0.1) is 0 Å². The first-order chi connectivity index (χ1) is 11.1. The van der Waals surface area contributed by atoms with Crippen molar-refractivity contribution in [2.24, 2.45) is 0 Å². The molecule has 2 aromatic carbocycles. The van der Waals surface area contributed by atoms with E-state index in [2.05, 4.69) is 0 Å². The molecule has 0 unspecified atom stereocenters. The van der Waals surface area contributed by atoms with E-state index in [1.807, 2.05) is 0 Å². The highest BCUT2D eigenvalue weighted by atomic mass is 35.5. The summed E-state index contributed by atoms with van der Waals surface area (Å²) in [6.45, 7) is 0.356. The molecule has 2 aromatic rings. The number of carbonyl (C=O) groups excluding carboxylic acids is 1. The third-order valence-electron chi connectivity index (χ3n) is 3.09. The van der Waals surface area contributed by atoms with Crippen molar-refractivity contribution in [2.45, 2.75) is 0 Å². The van der Waals surface area contributed by atoms with Crippen molar-refractivity contribution < 1.29 is 23.7 Å². The largest absolute Gasteiger partial charge is 0.487 e. The van der Waals surface area contributed by atoms with E-state index in [0.29, 0.717) is 32.9 Å². The van der Waals surface area contributed by atoms with Crippen LogP contribution in [0.2, 0.25) is 10.0 Å². The fourth-order valence-corrected chi connectivity index (χ4v) is 2.51. The smallest absolute Gasteiger partial charge is 0.338 e. The van der Waals surface area contributed by atoms with Gasteiger partial charge in [0.2, 0.25) is 6.79 Å². The molecule has 0 radical (unpaired) electrons. The standard InChI is InChI=1S/C16H12Cl2O5/c17-11-2-1-3-12(18)15(11)20-6-7-21-16(19)10-4-5-13-14(8-10)23-9-22-13/h1-5,8H,6-7,9H2. The zero-order valence-electron chi connectivity index (χ0n) is 11.9. The van der Waals surface area contributed by atoms with Crippen LogP contribution < -0.4 is 14.2 Å². The molecule has 0 spiro atoms. The lowest BCUT2D eigenvalue weighted by atomic mass is 10.2. The molecule has 1 aliphatic heterocycles. The Morgan fingerprint density at radius 3 is 2.57 bits per heavy atom. The summed E-state index contributed by atoms with van der Waals surface area (Å²) in [4.78, 5) is 12.0. The Bertz CT molecular complexity index is 712. The highest BCUT2D eigenvalue weighted by molar-refractivity contribution is 6.37. The molecule has 120 valence electrons. The van der Waals surface area contributed by atoms with Crippen LogP contribution in [0.25, 0.3) is 0 Å². The molecule has 23 heavy (non-hydrogen) atoms. The summed E-state index contributed by atoms with van der Waals surface area (Å²) in [6.07, 6.45) is 0. The molecular weight excluding hydrogens is 343 g/mol. The summed E-state index contributed by atoms with van der Waals surface area (Å²) in [6, 6.07) is 9.91. The second-order valence-corrected chi connectivity index (χ2v) is 5.42. The lowest BCUT2D eigenvalue weighted by molar-refractivity contribution is 0.0450. The molecule has 0 saturated carbocycles. The Morgan fingerprint density at radius 2 is 1.78 bits per heavy atom. The Kier molecular flexibility index (Phi) is 4.79. The Balaban J connectivity index is 1.52. The Hall–Kier alpha value is -2.11. The second kappa shape index (κ2) is 6.98. The van der Waals surface area contributed by atoms with E-state index in [-0.39, 0.29) is 20.0 Å². The number of benzene rings is 2. The van der Waals surface area contributed by atoms with Gasteiger partial charge < -0.3 is 18.9 Å². The number of carbonyl (C=O) groups is 1. The van der Waals surface area contributed by atoms with Crippen molar-refractivity contribution in [3.63, 3.8) is 0 Å². The summed E-state index contributed by atoms with van der Waals surface area (Å²) in [7, 11) is 0. The van der Waals surface area contributed by atoms with E-state index in [9.17, 15) is 4.79 Å². The van der Waals surface area contributed by atoms with Crippen molar-refractivity contribution >= 4 is 29.2 Å². The minimum absolute atomic E-state index is 0.0643. The predicted molar refractivity (Wildman–Crippen MR) is 84.8 cm³/mol. The van der Waals surface area contributed by atoms with Crippen molar-refractivity contribution in [3.8, 4) is 17.2 Å². The molecule has 0 aliphatic carbocycles. The molecule has 0 aromatic heterocycles. The number of ether oxygens (including phenoxy) is 4. The zero-order chi connectivity index (χ0) is 16.2. The number of hydrogen-bond acceptors (Lipinski definition) is 5. The SMILES string of the molecule is O=C(OCCOc1c(Cl)cccc1Cl)c1ccc2c(c1)OCO2. The van der Waals surface area contributed by atoms with Gasteiger partial charge in [0.1, 0.15) is 13.2 Å². The highest BCUT2D eigenvalue weighted by Gasteiger charge is 2.17. The number of halogens is 2. The molecule has 0 bridgehead atoms. The van der Waals surface area contributed by atoms with Gasteiger partial charge in [0.15, 0.2) is 17.2 Å². The summed E-state index contributed by atoms with van der Waals surface area (Å²) in [5.74, 6) is 1.03. The molecule has 3 rings (SSSR count). The van der Waals surface area contributed by atoms with Crippen LogP contribution in [0.15, 0.2) is 36.4 Å². The molecule has 1 heterocycles. The molecule has 5 nitrogen and oxygen atoms in total. The third-order valence-corrected chi connectivity index (χ3v) is 3.69. The van der Waals surface area contributed by atoms with E-state index in [1.54, 1.807) is 36.4 Å². The van der Waals surface area contributed by atoms with Gasteiger partial charge in [-0.05, 0) is 30.3 Å². The lowest BCUT2D eigenvalue weighted by Crippen LogP contribution is -2.12. The van der Waals surface area contributed by atoms with Crippen molar-refractivity contribution in [3.05, 3.63) is 52.0 Å². The van der Waals surface area contributed by atoms with Crippen LogP contribution in [0.1, 0.15) is 10.4 Å². The number of para-hydroxylation sites is 1. The number of rotatable bonds is 5. The maximum absolute atomic E-state index is 12.0. The quantitative estimate of drug-likeness (QED) is 0.600. The maximum Gasteiger partial charge on any atom is 0.338 e. The van der Waals surface area contributed by atoms with E-state index >= 15 is 0 Å². The van der Waals surface area contributed by atoms with Crippen molar-refractivity contribution in [2.75, 3.05) is 20.0 Å². The number of fused-ring (bicyclic) bond motifs is 1. The molecule has 0 atom stereocenters. The average molecular weight is 355 g/mol. The molecule has 0 N–H and O–H groups in total. The van der Waals surface area contributed by atoms with Gasteiger partial charge in [-0.3, -0.25) is 0 Å². The summed E-state index contributed by atoms with van der Waals surface area (Å²) < 4.78 is 21.0. The first-order valence-electron chi connectivity index (χ1n) is 6.79. The average Bonchev–Trinajstić information content (AvgIpc) is 3.01. The van der Waals surface area contributed by atoms with E-state index in [4.69, 9.17) is 42.1 Å². The van der Waals surface area contributed by atoms with Gasteiger partial charge in [-0.1, -0.05) is 29.3 Å². The van der Waals surface area contributed by atoms with Crippen LogP contribution in [-0.2, 0) is 4.74 Å². The molecule has 1 aliphatic rings.